The molecule has 4 rings (SSSR count). The van der Waals surface area contributed by atoms with E-state index in [0.717, 1.165) is 24.3 Å². The first-order valence-electron chi connectivity index (χ1n) is 10.5. The molecule has 0 radical (unpaired) electrons. The van der Waals surface area contributed by atoms with Crippen molar-refractivity contribution in [2.24, 2.45) is 0 Å². The minimum atomic E-state index is 0.775. The van der Waals surface area contributed by atoms with Gasteiger partial charge in [0.05, 0.1) is 7.11 Å². The lowest BCUT2D eigenvalue weighted by Gasteiger charge is -2.42. The molecule has 1 saturated heterocycles. The maximum atomic E-state index is 5.35. The lowest BCUT2D eigenvalue weighted by atomic mass is 9.81. The molecule has 27 heavy (non-hydrogen) atoms. The van der Waals surface area contributed by atoms with Crippen molar-refractivity contribution >= 4 is 0 Å². The second-order valence-corrected chi connectivity index (χ2v) is 8.08. The van der Waals surface area contributed by atoms with Gasteiger partial charge in [-0.3, -0.25) is 9.80 Å². The van der Waals surface area contributed by atoms with E-state index in [2.05, 4.69) is 58.3 Å². The third kappa shape index (κ3) is 4.72. The quantitative estimate of drug-likeness (QED) is 0.775. The molecular weight excluding hydrogens is 332 g/mol. The first-order chi connectivity index (χ1) is 13.3. The highest BCUT2D eigenvalue weighted by Crippen LogP contribution is 2.35. The molecule has 0 atom stereocenters. The van der Waals surface area contributed by atoms with Crippen molar-refractivity contribution in [1.82, 2.24) is 9.80 Å². The van der Waals surface area contributed by atoms with E-state index in [1.54, 1.807) is 12.7 Å². The third-order valence-corrected chi connectivity index (χ3v) is 6.43. The minimum Gasteiger partial charge on any atom is -0.497 e. The monoisotopic (exact) mass is 364 g/mol. The van der Waals surface area contributed by atoms with Crippen LogP contribution in [0.2, 0.25) is 0 Å². The molecule has 0 N–H and O–H groups in total. The Balaban J connectivity index is 1.24. The predicted molar refractivity (Wildman–Crippen MR) is 111 cm³/mol. The lowest BCUT2D eigenvalue weighted by molar-refractivity contribution is 0.0726. The molecule has 2 aromatic carbocycles. The van der Waals surface area contributed by atoms with Crippen LogP contribution in [-0.2, 0) is 6.54 Å². The van der Waals surface area contributed by atoms with Gasteiger partial charge in [-0.25, -0.2) is 0 Å². The molecule has 1 aliphatic carbocycles. The summed E-state index contributed by atoms with van der Waals surface area (Å²) in [4.78, 5) is 5.34. The Morgan fingerprint density at radius 2 is 1.59 bits per heavy atom. The van der Waals surface area contributed by atoms with Crippen LogP contribution in [0.5, 0.6) is 5.75 Å². The molecule has 0 unspecified atom stereocenters. The van der Waals surface area contributed by atoms with Crippen molar-refractivity contribution in [3.63, 3.8) is 0 Å². The molecule has 1 aliphatic heterocycles. The topological polar surface area (TPSA) is 15.7 Å². The summed E-state index contributed by atoms with van der Waals surface area (Å²) in [5, 5.41) is 0. The van der Waals surface area contributed by atoms with Crippen LogP contribution < -0.4 is 4.74 Å². The van der Waals surface area contributed by atoms with E-state index in [0.29, 0.717) is 0 Å². The van der Waals surface area contributed by atoms with Gasteiger partial charge in [-0.2, -0.15) is 0 Å². The molecule has 0 spiro atoms. The van der Waals surface area contributed by atoms with Crippen LogP contribution in [-0.4, -0.2) is 49.1 Å². The summed E-state index contributed by atoms with van der Waals surface area (Å²) >= 11 is 0. The van der Waals surface area contributed by atoms with E-state index in [9.17, 15) is 0 Å². The van der Waals surface area contributed by atoms with Gasteiger partial charge in [0.1, 0.15) is 5.75 Å². The first kappa shape index (κ1) is 18.5. The Kier molecular flexibility index (Phi) is 6.10. The molecule has 1 saturated carbocycles. The van der Waals surface area contributed by atoms with Crippen molar-refractivity contribution in [3.05, 3.63) is 65.7 Å². The van der Waals surface area contributed by atoms with Crippen LogP contribution in [0.1, 0.15) is 42.7 Å². The summed E-state index contributed by atoms with van der Waals surface area (Å²) in [6.45, 7) is 5.81. The summed E-state index contributed by atoms with van der Waals surface area (Å²) < 4.78 is 5.35. The van der Waals surface area contributed by atoms with Crippen molar-refractivity contribution in [1.29, 1.82) is 0 Å². The second-order valence-electron chi connectivity index (χ2n) is 8.08. The SMILES string of the molecule is COc1cccc(CN2CCN(C3CCC(c4ccccc4)CC3)CC2)c1. The van der Waals surface area contributed by atoms with E-state index in [1.165, 1.54) is 57.4 Å². The number of benzene rings is 2. The number of ether oxygens (including phenoxy) is 1. The molecule has 2 fully saturated rings. The highest BCUT2D eigenvalue weighted by Gasteiger charge is 2.28. The summed E-state index contributed by atoms with van der Waals surface area (Å²) in [6.07, 6.45) is 5.41. The van der Waals surface area contributed by atoms with Crippen LogP contribution in [0.25, 0.3) is 0 Å². The van der Waals surface area contributed by atoms with Crippen molar-refractivity contribution in [2.45, 2.75) is 44.2 Å². The van der Waals surface area contributed by atoms with Gasteiger partial charge >= 0.3 is 0 Å². The minimum absolute atomic E-state index is 0.775. The van der Waals surface area contributed by atoms with Crippen molar-refractivity contribution in [3.8, 4) is 5.75 Å². The standard InChI is InChI=1S/C24H32N2O/c1-27-24-9-5-6-20(18-24)19-25-14-16-26(17-15-25)23-12-10-22(11-13-23)21-7-3-2-4-8-21/h2-9,18,22-23H,10-17,19H2,1H3. The average Bonchev–Trinajstić information content (AvgIpc) is 2.75. The van der Waals surface area contributed by atoms with Gasteiger partial charge in [0.2, 0.25) is 0 Å². The summed E-state index contributed by atoms with van der Waals surface area (Å²) in [5.74, 6) is 1.73. The van der Waals surface area contributed by atoms with Gasteiger partial charge < -0.3 is 4.74 Å². The number of piperazine rings is 1. The summed E-state index contributed by atoms with van der Waals surface area (Å²) in [7, 11) is 1.74. The molecule has 0 amide bonds. The van der Waals surface area contributed by atoms with Gasteiger partial charge in [-0.05, 0) is 54.9 Å². The fourth-order valence-corrected chi connectivity index (χ4v) is 4.82. The van der Waals surface area contributed by atoms with Gasteiger partial charge in [0, 0.05) is 38.8 Å². The third-order valence-electron chi connectivity index (χ3n) is 6.43. The summed E-state index contributed by atoms with van der Waals surface area (Å²) in [6, 6.07) is 20.4. The number of nitrogens with zero attached hydrogens (tertiary/aromatic N) is 2. The lowest BCUT2D eigenvalue weighted by Crippen LogP contribution is -2.50. The number of hydrogen-bond donors (Lipinski definition) is 0. The largest absolute Gasteiger partial charge is 0.497 e. The van der Waals surface area contributed by atoms with E-state index in [1.807, 2.05) is 6.07 Å². The predicted octanol–water partition coefficient (Wildman–Crippen LogP) is 4.54. The van der Waals surface area contributed by atoms with Crippen molar-refractivity contribution in [2.75, 3.05) is 33.3 Å². The molecule has 0 bridgehead atoms. The Bertz CT molecular complexity index is 701. The molecule has 2 aromatic rings. The highest BCUT2D eigenvalue weighted by atomic mass is 16.5. The second kappa shape index (κ2) is 8.90. The van der Waals surface area contributed by atoms with Crippen LogP contribution in [0, 0.1) is 0 Å². The van der Waals surface area contributed by atoms with E-state index >= 15 is 0 Å². The van der Waals surface area contributed by atoms with E-state index in [-0.39, 0.29) is 0 Å². The molecule has 3 heteroatoms. The zero-order valence-electron chi connectivity index (χ0n) is 16.5. The first-order valence-corrected chi connectivity index (χ1v) is 10.5. The number of rotatable bonds is 5. The Hall–Kier alpha value is -1.84. The average molecular weight is 365 g/mol. The Morgan fingerprint density at radius 1 is 0.852 bits per heavy atom. The van der Waals surface area contributed by atoms with Gasteiger partial charge in [0.25, 0.3) is 0 Å². The van der Waals surface area contributed by atoms with E-state index in [4.69, 9.17) is 4.74 Å². The van der Waals surface area contributed by atoms with Crippen LogP contribution in [0.4, 0.5) is 0 Å². The maximum Gasteiger partial charge on any atom is 0.119 e. The zero-order chi connectivity index (χ0) is 18.5. The van der Waals surface area contributed by atoms with Crippen LogP contribution in [0.15, 0.2) is 54.6 Å². The van der Waals surface area contributed by atoms with Gasteiger partial charge in [0.15, 0.2) is 0 Å². The Morgan fingerprint density at radius 3 is 2.30 bits per heavy atom. The molecule has 1 heterocycles. The maximum absolute atomic E-state index is 5.35. The number of hydrogen-bond acceptors (Lipinski definition) is 3. The van der Waals surface area contributed by atoms with Gasteiger partial charge in [-0.15, -0.1) is 0 Å². The normalized spacial score (nSPS) is 24.6. The van der Waals surface area contributed by atoms with Crippen molar-refractivity contribution < 1.29 is 4.74 Å². The number of methoxy groups -OCH3 is 1. The fourth-order valence-electron chi connectivity index (χ4n) is 4.82. The molecule has 3 nitrogen and oxygen atoms in total. The molecule has 0 aromatic heterocycles. The Labute approximate surface area is 163 Å². The van der Waals surface area contributed by atoms with E-state index < -0.39 is 0 Å². The fraction of sp³-hybridized carbons (Fsp3) is 0.500. The highest BCUT2D eigenvalue weighted by molar-refractivity contribution is 5.28. The van der Waals surface area contributed by atoms with Crippen LogP contribution >= 0.6 is 0 Å². The zero-order valence-corrected chi connectivity index (χ0v) is 16.5. The van der Waals surface area contributed by atoms with Crippen LogP contribution in [0.3, 0.4) is 0 Å². The van der Waals surface area contributed by atoms with Gasteiger partial charge in [-0.1, -0.05) is 42.5 Å². The summed E-state index contributed by atoms with van der Waals surface area (Å²) in [5.41, 5.74) is 2.89. The molecule has 144 valence electrons. The smallest absolute Gasteiger partial charge is 0.119 e. The molecular formula is C24H32N2O. The molecule has 2 aliphatic rings.